The number of halogens is 3. The van der Waals surface area contributed by atoms with Crippen LogP contribution in [0.5, 0.6) is 0 Å². The number of nitrogens with zero attached hydrogens (tertiary/aromatic N) is 1. The SMILES string of the molecule is O=Cc1ccc(/C=C/C(=O)OC(=O)C(F)(F)F)nc1. The highest BCUT2D eigenvalue weighted by atomic mass is 19.4. The zero-order valence-electron chi connectivity index (χ0n) is 9.18. The number of hydrogen-bond acceptors (Lipinski definition) is 5. The number of carbonyl (C=O) groups excluding carboxylic acids is 3. The molecule has 1 rings (SSSR count). The molecule has 100 valence electrons. The predicted octanol–water partition coefficient (Wildman–Crippen LogP) is 1.54. The summed E-state index contributed by atoms with van der Waals surface area (Å²) in [6.45, 7) is 0. The lowest BCUT2D eigenvalue weighted by molar-refractivity contribution is -0.200. The average Bonchev–Trinajstić information content (AvgIpc) is 2.35. The van der Waals surface area contributed by atoms with Gasteiger partial charge in [-0.15, -0.1) is 0 Å². The molecule has 0 saturated heterocycles. The molecule has 0 atom stereocenters. The van der Waals surface area contributed by atoms with Crippen LogP contribution in [-0.4, -0.2) is 29.4 Å². The number of aldehydes is 1. The maximum absolute atomic E-state index is 11.8. The third-order valence-corrected chi connectivity index (χ3v) is 1.76. The van der Waals surface area contributed by atoms with Crippen molar-refractivity contribution in [2.45, 2.75) is 6.18 Å². The van der Waals surface area contributed by atoms with Gasteiger partial charge < -0.3 is 4.74 Å². The molecule has 0 spiro atoms. The minimum Gasteiger partial charge on any atom is -0.383 e. The second kappa shape index (κ2) is 5.89. The molecule has 1 aromatic heterocycles. The molecule has 0 N–H and O–H groups in total. The molecule has 0 aliphatic heterocycles. The third kappa shape index (κ3) is 4.70. The van der Waals surface area contributed by atoms with E-state index in [0.717, 1.165) is 6.08 Å². The molecule has 1 heterocycles. The highest BCUT2D eigenvalue weighted by Crippen LogP contribution is 2.16. The first-order chi connectivity index (χ1) is 8.82. The molecule has 0 amide bonds. The van der Waals surface area contributed by atoms with Crippen molar-refractivity contribution in [2.24, 2.45) is 0 Å². The van der Waals surface area contributed by atoms with Crippen LogP contribution in [0.25, 0.3) is 6.08 Å². The Labute approximate surface area is 104 Å². The van der Waals surface area contributed by atoms with Gasteiger partial charge in [-0.2, -0.15) is 13.2 Å². The highest BCUT2D eigenvalue weighted by molar-refractivity contribution is 5.96. The van der Waals surface area contributed by atoms with Crippen molar-refractivity contribution in [3.8, 4) is 0 Å². The topological polar surface area (TPSA) is 73.3 Å². The summed E-state index contributed by atoms with van der Waals surface area (Å²) in [7, 11) is 0. The van der Waals surface area contributed by atoms with E-state index in [9.17, 15) is 27.6 Å². The van der Waals surface area contributed by atoms with E-state index in [1.807, 2.05) is 0 Å². The number of alkyl halides is 3. The first kappa shape index (κ1) is 14.6. The van der Waals surface area contributed by atoms with Crippen LogP contribution >= 0.6 is 0 Å². The second-order valence-electron chi connectivity index (χ2n) is 3.17. The minimum absolute atomic E-state index is 0.210. The van der Waals surface area contributed by atoms with Gasteiger partial charge in [0.15, 0.2) is 6.29 Å². The van der Waals surface area contributed by atoms with Crippen molar-refractivity contribution >= 4 is 24.3 Å². The van der Waals surface area contributed by atoms with Crippen molar-refractivity contribution in [3.63, 3.8) is 0 Å². The van der Waals surface area contributed by atoms with Gasteiger partial charge in [-0.3, -0.25) is 9.78 Å². The first-order valence-electron chi connectivity index (χ1n) is 4.75. The molecule has 0 aromatic carbocycles. The summed E-state index contributed by atoms with van der Waals surface area (Å²) in [6, 6.07) is 2.75. The third-order valence-electron chi connectivity index (χ3n) is 1.76. The summed E-state index contributed by atoms with van der Waals surface area (Å²) >= 11 is 0. The molecule has 0 unspecified atom stereocenters. The van der Waals surface area contributed by atoms with Gasteiger partial charge in [0.1, 0.15) is 0 Å². The van der Waals surface area contributed by atoms with Gasteiger partial charge in [-0.05, 0) is 18.2 Å². The maximum atomic E-state index is 11.8. The predicted molar refractivity (Wildman–Crippen MR) is 55.8 cm³/mol. The van der Waals surface area contributed by atoms with Crippen molar-refractivity contribution in [1.82, 2.24) is 4.98 Å². The first-order valence-corrected chi connectivity index (χ1v) is 4.75. The van der Waals surface area contributed by atoms with Crippen LogP contribution in [0.4, 0.5) is 13.2 Å². The molecular weight excluding hydrogens is 267 g/mol. The van der Waals surface area contributed by atoms with Crippen LogP contribution in [0.1, 0.15) is 16.1 Å². The summed E-state index contributed by atoms with van der Waals surface area (Å²) in [6.07, 6.45) is -1.81. The molecule has 0 bridgehead atoms. The largest absolute Gasteiger partial charge is 0.491 e. The Morgan fingerprint density at radius 2 is 1.95 bits per heavy atom. The Morgan fingerprint density at radius 3 is 2.42 bits per heavy atom. The fraction of sp³-hybridized carbons (Fsp3) is 0.0909. The lowest BCUT2D eigenvalue weighted by Crippen LogP contribution is -2.27. The van der Waals surface area contributed by atoms with E-state index < -0.39 is 18.1 Å². The van der Waals surface area contributed by atoms with Crippen molar-refractivity contribution in [1.29, 1.82) is 0 Å². The molecule has 0 saturated carbocycles. The van der Waals surface area contributed by atoms with Crippen LogP contribution in [0.15, 0.2) is 24.4 Å². The van der Waals surface area contributed by atoms with Gasteiger partial charge in [0.2, 0.25) is 0 Å². The molecule has 19 heavy (non-hydrogen) atoms. The van der Waals surface area contributed by atoms with E-state index in [1.54, 1.807) is 0 Å². The van der Waals surface area contributed by atoms with E-state index in [4.69, 9.17) is 0 Å². The lowest BCUT2D eigenvalue weighted by Gasteiger charge is -2.02. The van der Waals surface area contributed by atoms with E-state index in [1.165, 1.54) is 18.3 Å². The number of carbonyl (C=O) groups is 3. The Bertz CT molecular complexity index is 520. The van der Waals surface area contributed by atoms with E-state index in [0.29, 0.717) is 17.9 Å². The van der Waals surface area contributed by atoms with Crippen LogP contribution in [0.2, 0.25) is 0 Å². The number of rotatable bonds is 3. The smallest absolute Gasteiger partial charge is 0.383 e. The number of esters is 2. The highest BCUT2D eigenvalue weighted by Gasteiger charge is 2.42. The number of aromatic nitrogens is 1. The monoisotopic (exact) mass is 273 g/mol. The van der Waals surface area contributed by atoms with Gasteiger partial charge in [0, 0.05) is 17.8 Å². The van der Waals surface area contributed by atoms with Crippen molar-refractivity contribution in [3.05, 3.63) is 35.7 Å². The maximum Gasteiger partial charge on any atom is 0.491 e. The molecule has 8 heteroatoms. The fourth-order valence-corrected chi connectivity index (χ4v) is 0.922. The zero-order chi connectivity index (χ0) is 14.5. The van der Waals surface area contributed by atoms with Gasteiger partial charge >= 0.3 is 18.1 Å². The molecule has 0 fully saturated rings. The molecular formula is C11H6F3NO4. The quantitative estimate of drug-likeness (QED) is 0.361. The Morgan fingerprint density at radius 1 is 1.26 bits per heavy atom. The summed E-state index contributed by atoms with van der Waals surface area (Å²) in [5.41, 5.74) is 0.508. The Hall–Kier alpha value is -2.51. The lowest BCUT2D eigenvalue weighted by atomic mass is 10.2. The van der Waals surface area contributed by atoms with Crippen LogP contribution in [-0.2, 0) is 14.3 Å². The average molecular weight is 273 g/mol. The molecule has 1 aromatic rings. The second-order valence-corrected chi connectivity index (χ2v) is 3.17. The summed E-state index contributed by atoms with van der Waals surface area (Å²) in [5.74, 6) is -4.06. The van der Waals surface area contributed by atoms with Gasteiger partial charge in [0.05, 0.1) is 5.69 Å². The Balaban J connectivity index is 2.63. The van der Waals surface area contributed by atoms with Crippen LogP contribution < -0.4 is 0 Å². The Kier molecular flexibility index (Phi) is 4.51. The number of ether oxygens (including phenoxy) is 1. The summed E-state index contributed by atoms with van der Waals surface area (Å²) in [5, 5.41) is 0. The number of pyridine rings is 1. The summed E-state index contributed by atoms with van der Waals surface area (Å²) < 4.78 is 38.8. The van der Waals surface area contributed by atoms with Crippen LogP contribution in [0.3, 0.4) is 0 Å². The zero-order valence-corrected chi connectivity index (χ0v) is 9.18. The minimum atomic E-state index is -5.23. The van der Waals surface area contributed by atoms with E-state index in [2.05, 4.69) is 9.72 Å². The molecule has 0 aliphatic rings. The van der Waals surface area contributed by atoms with E-state index in [-0.39, 0.29) is 5.69 Å². The van der Waals surface area contributed by atoms with Gasteiger partial charge in [-0.25, -0.2) is 9.59 Å². The molecule has 5 nitrogen and oxygen atoms in total. The summed E-state index contributed by atoms with van der Waals surface area (Å²) in [4.78, 5) is 35.2. The number of hydrogen-bond donors (Lipinski definition) is 0. The normalized spacial score (nSPS) is 11.3. The van der Waals surface area contributed by atoms with Gasteiger partial charge in [0.25, 0.3) is 0 Å². The molecule has 0 aliphatic carbocycles. The van der Waals surface area contributed by atoms with Crippen molar-refractivity contribution in [2.75, 3.05) is 0 Å². The van der Waals surface area contributed by atoms with Crippen molar-refractivity contribution < 1.29 is 32.3 Å². The van der Waals surface area contributed by atoms with E-state index >= 15 is 0 Å². The fourth-order valence-electron chi connectivity index (χ4n) is 0.922. The van der Waals surface area contributed by atoms with Gasteiger partial charge in [-0.1, -0.05) is 0 Å². The molecule has 0 radical (unpaired) electrons. The van der Waals surface area contributed by atoms with Crippen LogP contribution in [0, 0.1) is 0 Å². The standard InChI is InChI=1S/C11H6F3NO4/c12-11(13,14)10(18)19-9(17)4-3-8-2-1-7(6-16)5-15-8/h1-6H/b4-3+.